The summed E-state index contributed by atoms with van der Waals surface area (Å²) < 4.78 is 0. The molecule has 1 aliphatic carbocycles. The minimum Gasteiger partial charge on any atom is -0.0991 e. The number of allylic oxidation sites excluding steroid dienone is 9. The normalized spacial score (nSPS) is 23.2. The van der Waals surface area contributed by atoms with E-state index in [1.54, 1.807) is 6.08 Å². The monoisotopic (exact) mass is 172 g/mol. The average Bonchev–Trinajstić information content (AvgIpc) is 2.19. The van der Waals surface area contributed by atoms with Crippen molar-refractivity contribution in [1.29, 1.82) is 0 Å². The Morgan fingerprint density at radius 3 is 2.92 bits per heavy atom. The average molecular weight is 172 g/mol. The Kier molecular flexibility index (Phi) is 4.04. The van der Waals surface area contributed by atoms with Gasteiger partial charge in [0.25, 0.3) is 0 Å². The highest BCUT2D eigenvalue weighted by Gasteiger charge is 2.03. The van der Waals surface area contributed by atoms with Crippen molar-refractivity contribution in [3.05, 3.63) is 60.3 Å². The molecule has 0 spiro atoms. The van der Waals surface area contributed by atoms with E-state index in [1.807, 2.05) is 12.2 Å². The van der Waals surface area contributed by atoms with Crippen molar-refractivity contribution in [2.75, 3.05) is 0 Å². The van der Waals surface area contributed by atoms with Gasteiger partial charge in [0.2, 0.25) is 0 Å². The third-order valence-electron chi connectivity index (χ3n) is 2.10. The first kappa shape index (κ1) is 9.79. The summed E-state index contributed by atoms with van der Waals surface area (Å²) in [5.74, 6) is 0. The van der Waals surface area contributed by atoms with E-state index in [0.29, 0.717) is 0 Å². The molecule has 0 aromatic carbocycles. The van der Waals surface area contributed by atoms with E-state index in [-0.39, 0.29) is 0 Å². The maximum atomic E-state index is 3.64. The molecule has 0 aromatic heterocycles. The molecule has 0 bridgehead atoms. The highest BCUT2D eigenvalue weighted by Crippen LogP contribution is 2.22. The molecule has 1 aliphatic rings. The molecule has 68 valence electrons. The molecule has 0 heteroatoms. The van der Waals surface area contributed by atoms with Gasteiger partial charge >= 0.3 is 0 Å². The molecule has 0 saturated carbocycles. The number of rotatable bonds is 2. The van der Waals surface area contributed by atoms with Gasteiger partial charge in [0, 0.05) is 0 Å². The molecule has 0 aliphatic heterocycles. The lowest BCUT2D eigenvalue weighted by Gasteiger charge is -2.11. The van der Waals surface area contributed by atoms with Gasteiger partial charge in [0.05, 0.1) is 0 Å². The van der Waals surface area contributed by atoms with Crippen LogP contribution in [0.3, 0.4) is 0 Å². The predicted molar refractivity (Wildman–Crippen MR) is 59.6 cm³/mol. The van der Waals surface area contributed by atoms with Gasteiger partial charge in [-0.1, -0.05) is 49.1 Å². The van der Waals surface area contributed by atoms with E-state index in [9.17, 15) is 0 Å². The Balaban J connectivity index is 2.78. The minimum atomic E-state index is 1.15. The van der Waals surface area contributed by atoms with Crippen molar-refractivity contribution in [3.63, 3.8) is 0 Å². The lowest BCUT2D eigenvalue weighted by Crippen LogP contribution is -1.91. The third kappa shape index (κ3) is 2.90. The molecule has 0 N–H and O–H groups in total. The van der Waals surface area contributed by atoms with Crippen LogP contribution in [0.4, 0.5) is 0 Å². The van der Waals surface area contributed by atoms with Gasteiger partial charge in [-0.2, -0.15) is 0 Å². The highest BCUT2D eigenvalue weighted by molar-refractivity contribution is 5.43. The smallest absolute Gasteiger partial charge is 0.0238 e. The van der Waals surface area contributed by atoms with Crippen LogP contribution < -0.4 is 0 Å². The van der Waals surface area contributed by atoms with E-state index >= 15 is 0 Å². The third-order valence-corrected chi connectivity index (χ3v) is 2.10. The van der Waals surface area contributed by atoms with Gasteiger partial charge < -0.3 is 0 Å². The summed E-state index contributed by atoms with van der Waals surface area (Å²) in [4.78, 5) is 0. The molecule has 0 aromatic rings. The van der Waals surface area contributed by atoms with Crippen molar-refractivity contribution < 1.29 is 0 Å². The second-order valence-corrected chi connectivity index (χ2v) is 3.00. The zero-order chi connectivity index (χ0) is 9.52. The molecule has 0 radical (unpaired) electrons. The van der Waals surface area contributed by atoms with Crippen LogP contribution in [0.15, 0.2) is 60.3 Å². The maximum Gasteiger partial charge on any atom is -0.0238 e. The van der Waals surface area contributed by atoms with E-state index in [0.717, 1.165) is 12.8 Å². The van der Waals surface area contributed by atoms with Crippen LogP contribution in [0.5, 0.6) is 0 Å². The van der Waals surface area contributed by atoms with Gasteiger partial charge in [-0.3, -0.25) is 0 Å². The fourth-order valence-electron chi connectivity index (χ4n) is 1.41. The van der Waals surface area contributed by atoms with Crippen LogP contribution in [0.25, 0.3) is 0 Å². The van der Waals surface area contributed by atoms with Crippen LogP contribution in [-0.2, 0) is 0 Å². The van der Waals surface area contributed by atoms with Crippen molar-refractivity contribution in [1.82, 2.24) is 0 Å². The van der Waals surface area contributed by atoms with Crippen LogP contribution in [0.1, 0.15) is 19.8 Å². The zero-order valence-corrected chi connectivity index (χ0v) is 8.16. The summed E-state index contributed by atoms with van der Waals surface area (Å²) >= 11 is 0. The Hall–Kier alpha value is -1.30. The molecule has 0 heterocycles. The van der Waals surface area contributed by atoms with Gasteiger partial charge in [-0.05, 0) is 30.9 Å². The predicted octanol–water partition coefficient (Wildman–Crippen LogP) is 3.95. The van der Waals surface area contributed by atoms with Crippen molar-refractivity contribution in [2.24, 2.45) is 0 Å². The fourth-order valence-corrected chi connectivity index (χ4v) is 1.41. The summed E-state index contributed by atoms with van der Waals surface area (Å²) in [6.07, 6.45) is 16.8. The first-order valence-electron chi connectivity index (χ1n) is 4.70. The zero-order valence-electron chi connectivity index (χ0n) is 8.16. The van der Waals surface area contributed by atoms with Gasteiger partial charge in [0.1, 0.15) is 0 Å². The van der Waals surface area contributed by atoms with Crippen molar-refractivity contribution in [3.8, 4) is 0 Å². The molecule has 0 amide bonds. The topological polar surface area (TPSA) is 0 Å². The quantitative estimate of drug-likeness (QED) is 0.553. The van der Waals surface area contributed by atoms with Crippen molar-refractivity contribution in [2.45, 2.75) is 19.8 Å². The van der Waals surface area contributed by atoms with Crippen LogP contribution in [0.2, 0.25) is 0 Å². The van der Waals surface area contributed by atoms with Crippen LogP contribution in [0, 0.1) is 0 Å². The van der Waals surface area contributed by atoms with Crippen LogP contribution in [-0.4, -0.2) is 0 Å². The standard InChI is InChI=1S/C13H16/c1-3-5-6-10-13-11-8-7-9-12(13)4-2/h3-7,9-10H,1,8,11H2,2H3/b6-5+,12-4+,13-10+. The Morgan fingerprint density at radius 1 is 1.38 bits per heavy atom. The van der Waals surface area contributed by atoms with E-state index in [2.05, 4.69) is 37.8 Å². The molecule has 1 rings (SSSR count). The summed E-state index contributed by atoms with van der Waals surface area (Å²) in [5, 5.41) is 0. The molecular weight excluding hydrogens is 156 g/mol. The molecule has 0 unspecified atom stereocenters. The molecule has 13 heavy (non-hydrogen) atoms. The lowest BCUT2D eigenvalue weighted by atomic mass is 9.95. The molecular formula is C13H16. The second kappa shape index (κ2) is 5.36. The summed E-state index contributed by atoms with van der Waals surface area (Å²) in [7, 11) is 0. The maximum absolute atomic E-state index is 3.64. The summed E-state index contributed by atoms with van der Waals surface area (Å²) in [5.41, 5.74) is 2.77. The highest BCUT2D eigenvalue weighted by atomic mass is 14.1. The Labute approximate surface area is 80.7 Å². The largest absolute Gasteiger partial charge is 0.0991 e. The van der Waals surface area contributed by atoms with Gasteiger partial charge in [-0.25, -0.2) is 0 Å². The van der Waals surface area contributed by atoms with E-state index < -0.39 is 0 Å². The van der Waals surface area contributed by atoms with Gasteiger partial charge in [0.15, 0.2) is 0 Å². The second-order valence-electron chi connectivity index (χ2n) is 3.00. The fraction of sp³-hybridized carbons (Fsp3) is 0.231. The number of hydrogen-bond donors (Lipinski definition) is 0. The van der Waals surface area contributed by atoms with Gasteiger partial charge in [-0.15, -0.1) is 0 Å². The molecule has 0 saturated heterocycles. The summed E-state index contributed by atoms with van der Waals surface area (Å²) in [6, 6.07) is 0. The van der Waals surface area contributed by atoms with E-state index in [1.165, 1.54) is 11.1 Å². The number of hydrogen-bond acceptors (Lipinski definition) is 0. The molecule has 0 atom stereocenters. The Bertz CT molecular complexity index is 285. The minimum absolute atomic E-state index is 1.15. The lowest BCUT2D eigenvalue weighted by molar-refractivity contribution is 0.967. The SMILES string of the molecule is C=C/C=C/C=C1\CCC=C\C1=C/C. The summed E-state index contributed by atoms with van der Waals surface area (Å²) in [6.45, 7) is 5.72. The Morgan fingerprint density at radius 2 is 2.23 bits per heavy atom. The molecule has 0 nitrogen and oxygen atoms in total. The van der Waals surface area contributed by atoms with Crippen LogP contribution >= 0.6 is 0 Å². The molecule has 0 fully saturated rings. The van der Waals surface area contributed by atoms with E-state index in [4.69, 9.17) is 0 Å². The van der Waals surface area contributed by atoms with Crippen molar-refractivity contribution >= 4 is 0 Å². The first-order valence-corrected chi connectivity index (χ1v) is 4.70. The first-order chi connectivity index (χ1) is 6.38.